The zero-order chi connectivity index (χ0) is 12.3. The summed E-state index contributed by atoms with van der Waals surface area (Å²) in [4.78, 5) is 0. The predicted octanol–water partition coefficient (Wildman–Crippen LogP) is 3.58. The van der Waals surface area contributed by atoms with Crippen molar-refractivity contribution < 1.29 is 0 Å². The standard InChI is InChI=1S/C14H21ClN2/c1-10-6-7-12(8-13(10)15)17-14(9-16)11-4-2-3-5-11/h6-8,11,14,17H,2-5,9,16H2,1H3. The third-order valence-corrected chi connectivity index (χ3v) is 4.15. The smallest absolute Gasteiger partial charge is 0.0455 e. The maximum absolute atomic E-state index is 6.13. The number of nitrogens with one attached hydrogen (secondary N) is 1. The lowest BCUT2D eigenvalue weighted by atomic mass is 9.98. The number of hydrogen-bond donors (Lipinski definition) is 2. The molecule has 1 atom stereocenters. The number of anilines is 1. The molecule has 1 aliphatic rings. The molecule has 17 heavy (non-hydrogen) atoms. The molecule has 1 fully saturated rings. The lowest BCUT2D eigenvalue weighted by Gasteiger charge is -2.24. The fourth-order valence-electron chi connectivity index (χ4n) is 2.63. The lowest BCUT2D eigenvalue weighted by Crippen LogP contribution is -2.35. The molecule has 0 amide bonds. The van der Waals surface area contributed by atoms with Gasteiger partial charge >= 0.3 is 0 Å². The molecule has 1 saturated carbocycles. The van der Waals surface area contributed by atoms with Crippen molar-refractivity contribution in [3.63, 3.8) is 0 Å². The molecule has 1 unspecified atom stereocenters. The molecule has 1 aromatic carbocycles. The summed E-state index contributed by atoms with van der Waals surface area (Å²) in [5, 5.41) is 4.35. The van der Waals surface area contributed by atoms with Gasteiger partial charge in [0.05, 0.1) is 0 Å². The van der Waals surface area contributed by atoms with Crippen LogP contribution in [-0.4, -0.2) is 12.6 Å². The first-order valence-corrected chi connectivity index (χ1v) is 6.81. The zero-order valence-electron chi connectivity index (χ0n) is 10.4. The number of hydrogen-bond acceptors (Lipinski definition) is 2. The summed E-state index contributed by atoms with van der Waals surface area (Å²) in [5.41, 5.74) is 8.07. The summed E-state index contributed by atoms with van der Waals surface area (Å²) < 4.78 is 0. The van der Waals surface area contributed by atoms with Crippen molar-refractivity contribution in [1.29, 1.82) is 0 Å². The minimum absolute atomic E-state index is 0.385. The van der Waals surface area contributed by atoms with Gasteiger partial charge in [-0.15, -0.1) is 0 Å². The Kier molecular flexibility index (Phi) is 4.30. The number of benzene rings is 1. The van der Waals surface area contributed by atoms with Gasteiger partial charge in [-0.1, -0.05) is 30.5 Å². The molecular weight excluding hydrogens is 232 g/mol. The van der Waals surface area contributed by atoms with Crippen LogP contribution in [0.3, 0.4) is 0 Å². The van der Waals surface area contributed by atoms with Crippen LogP contribution in [0.15, 0.2) is 18.2 Å². The van der Waals surface area contributed by atoms with Crippen molar-refractivity contribution in [2.75, 3.05) is 11.9 Å². The van der Waals surface area contributed by atoms with E-state index in [-0.39, 0.29) is 0 Å². The molecule has 3 heteroatoms. The summed E-state index contributed by atoms with van der Waals surface area (Å²) in [6, 6.07) is 6.51. The van der Waals surface area contributed by atoms with Crippen molar-refractivity contribution in [2.45, 2.75) is 38.6 Å². The Morgan fingerprint density at radius 1 is 1.41 bits per heavy atom. The summed E-state index contributed by atoms with van der Waals surface area (Å²) in [6.07, 6.45) is 5.29. The Hall–Kier alpha value is -0.730. The van der Waals surface area contributed by atoms with E-state index in [1.165, 1.54) is 25.7 Å². The molecule has 0 aromatic heterocycles. The predicted molar refractivity (Wildman–Crippen MR) is 74.6 cm³/mol. The fourth-order valence-corrected chi connectivity index (χ4v) is 2.81. The average Bonchev–Trinajstić information content (AvgIpc) is 2.84. The van der Waals surface area contributed by atoms with Gasteiger partial charge in [0, 0.05) is 23.3 Å². The number of rotatable bonds is 4. The van der Waals surface area contributed by atoms with Gasteiger partial charge in [-0.2, -0.15) is 0 Å². The van der Waals surface area contributed by atoms with E-state index in [0.717, 1.165) is 22.2 Å². The fraction of sp³-hybridized carbons (Fsp3) is 0.571. The first kappa shape index (κ1) is 12.7. The van der Waals surface area contributed by atoms with Gasteiger partial charge in [-0.3, -0.25) is 0 Å². The van der Waals surface area contributed by atoms with Gasteiger partial charge < -0.3 is 11.1 Å². The molecular formula is C14H21ClN2. The monoisotopic (exact) mass is 252 g/mol. The number of aryl methyl sites for hydroxylation is 1. The topological polar surface area (TPSA) is 38.0 Å². The second-order valence-electron chi connectivity index (χ2n) is 5.00. The molecule has 0 bridgehead atoms. The molecule has 1 aliphatic carbocycles. The Morgan fingerprint density at radius 3 is 2.71 bits per heavy atom. The highest BCUT2D eigenvalue weighted by Crippen LogP contribution is 2.29. The van der Waals surface area contributed by atoms with Crippen LogP contribution in [0.25, 0.3) is 0 Å². The zero-order valence-corrected chi connectivity index (χ0v) is 11.1. The minimum Gasteiger partial charge on any atom is -0.381 e. The molecule has 0 aliphatic heterocycles. The first-order valence-electron chi connectivity index (χ1n) is 6.43. The van der Waals surface area contributed by atoms with E-state index in [1.807, 2.05) is 19.1 Å². The highest BCUT2D eigenvalue weighted by molar-refractivity contribution is 6.31. The first-order chi connectivity index (χ1) is 8.20. The van der Waals surface area contributed by atoms with Crippen LogP contribution in [0.2, 0.25) is 5.02 Å². The third-order valence-electron chi connectivity index (χ3n) is 3.75. The van der Waals surface area contributed by atoms with E-state index < -0.39 is 0 Å². The molecule has 2 nitrogen and oxygen atoms in total. The van der Waals surface area contributed by atoms with Gasteiger partial charge in [0.2, 0.25) is 0 Å². The third kappa shape index (κ3) is 3.14. The Morgan fingerprint density at radius 2 is 2.12 bits per heavy atom. The van der Waals surface area contributed by atoms with Crippen LogP contribution < -0.4 is 11.1 Å². The molecule has 0 saturated heterocycles. The highest BCUT2D eigenvalue weighted by Gasteiger charge is 2.23. The Bertz CT molecular complexity index is 372. The van der Waals surface area contributed by atoms with Gasteiger partial charge in [0.15, 0.2) is 0 Å². The van der Waals surface area contributed by atoms with Crippen LogP contribution in [0.4, 0.5) is 5.69 Å². The maximum Gasteiger partial charge on any atom is 0.0455 e. The summed E-state index contributed by atoms with van der Waals surface area (Å²) in [5.74, 6) is 0.722. The highest BCUT2D eigenvalue weighted by atomic mass is 35.5. The van der Waals surface area contributed by atoms with E-state index in [2.05, 4.69) is 11.4 Å². The van der Waals surface area contributed by atoms with Crippen molar-refractivity contribution in [1.82, 2.24) is 0 Å². The largest absolute Gasteiger partial charge is 0.381 e. The van der Waals surface area contributed by atoms with Crippen LogP contribution >= 0.6 is 11.6 Å². The van der Waals surface area contributed by atoms with Gasteiger partial charge in [-0.25, -0.2) is 0 Å². The number of halogens is 1. The minimum atomic E-state index is 0.385. The lowest BCUT2D eigenvalue weighted by molar-refractivity contribution is 0.462. The maximum atomic E-state index is 6.13. The quantitative estimate of drug-likeness (QED) is 0.860. The van der Waals surface area contributed by atoms with E-state index >= 15 is 0 Å². The molecule has 1 aromatic rings. The number of nitrogens with two attached hydrogens (primary N) is 1. The van der Waals surface area contributed by atoms with Gasteiger partial charge in [-0.05, 0) is 43.4 Å². The average molecular weight is 253 g/mol. The molecule has 0 heterocycles. The van der Waals surface area contributed by atoms with Gasteiger partial charge in [0.1, 0.15) is 0 Å². The molecule has 94 valence electrons. The molecule has 0 spiro atoms. The Balaban J connectivity index is 2.04. The van der Waals surface area contributed by atoms with Crippen LogP contribution in [0, 0.1) is 12.8 Å². The van der Waals surface area contributed by atoms with Crippen LogP contribution in [0.5, 0.6) is 0 Å². The molecule has 2 rings (SSSR count). The van der Waals surface area contributed by atoms with E-state index in [9.17, 15) is 0 Å². The van der Waals surface area contributed by atoms with E-state index in [4.69, 9.17) is 17.3 Å². The summed E-state index contributed by atoms with van der Waals surface area (Å²) in [7, 11) is 0. The second-order valence-corrected chi connectivity index (χ2v) is 5.40. The van der Waals surface area contributed by atoms with Gasteiger partial charge in [0.25, 0.3) is 0 Å². The Labute approximate surface area is 109 Å². The molecule has 0 radical (unpaired) electrons. The van der Waals surface area contributed by atoms with Crippen molar-refractivity contribution in [3.05, 3.63) is 28.8 Å². The van der Waals surface area contributed by atoms with Crippen molar-refractivity contribution in [2.24, 2.45) is 11.7 Å². The molecule has 3 N–H and O–H groups in total. The van der Waals surface area contributed by atoms with E-state index in [1.54, 1.807) is 0 Å². The van der Waals surface area contributed by atoms with E-state index in [0.29, 0.717) is 12.6 Å². The van der Waals surface area contributed by atoms with Crippen molar-refractivity contribution in [3.8, 4) is 0 Å². The summed E-state index contributed by atoms with van der Waals surface area (Å²) >= 11 is 6.13. The SMILES string of the molecule is Cc1ccc(NC(CN)C2CCCC2)cc1Cl. The van der Waals surface area contributed by atoms with Crippen LogP contribution in [0.1, 0.15) is 31.2 Å². The summed E-state index contributed by atoms with van der Waals surface area (Å²) in [6.45, 7) is 2.71. The van der Waals surface area contributed by atoms with Crippen molar-refractivity contribution >= 4 is 17.3 Å². The normalized spacial score (nSPS) is 18.3. The second kappa shape index (κ2) is 5.74. The van der Waals surface area contributed by atoms with Crippen LogP contribution in [-0.2, 0) is 0 Å².